The van der Waals surface area contributed by atoms with Crippen molar-refractivity contribution in [1.29, 1.82) is 0 Å². The van der Waals surface area contributed by atoms with Gasteiger partial charge in [0.05, 0.1) is 17.7 Å². The fraction of sp³-hybridized carbons (Fsp3) is 0.200. The maximum absolute atomic E-state index is 13.8. The zero-order chi connectivity index (χ0) is 27.1. The zero-order valence-corrected chi connectivity index (χ0v) is 23.0. The number of aliphatic hydroxyl groups is 1. The molecule has 1 aliphatic heterocycles. The van der Waals surface area contributed by atoms with Crippen molar-refractivity contribution in [3.63, 3.8) is 0 Å². The average molecular weight is 575 g/mol. The summed E-state index contributed by atoms with van der Waals surface area (Å²) >= 11 is 3.43. The first-order chi connectivity index (χ1) is 18.1. The summed E-state index contributed by atoms with van der Waals surface area (Å²) in [5, 5.41) is 11.8. The van der Waals surface area contributed by atoms with Crippen LogP contribution in [-0.2, 0) is 4.79 Å². The molecule has 0 spiro atoms. The molecule has 4 aromatic rings. The molecule has 1 aromatic heterocycles. The molecular weight excluding hydrogens is 548 g/mol. The number of fused-ring (bicyclic) bond motifs is 1. The van der Waals surface area contributed by atoms with E-state index in [2.05, 4.69) is 15.9 Å². The number of benzene rings is 3. The van der Waals surface area contributed by atoms with E-state index in [1.165, 1.54) is 4.90 Å². The number of carbonyl (C=O) groups is 2. The largest absolute Gasteiger partial charge is 0.503 e. The lowest BCUT2D eigenvalue weighted by atomic mass is 9.94. The van der Waals surface area contributed by atoms with Crippen molar-refractivity contribution in [2.75, 3.05) is 23.9 Å². The SMILES string of the molecule is CC(C)Oc1ccc(N2C(=O)C(O)=C(C(=O)c3cc4cc(Br)ccc4o3)C2c2ccc(N(C)C)cc2)cc1. The van der Waals surface area contributed by atoms with Crippen molar-refractivity contribution in [3.05, 3.63) is 99.9 Å². The summed E-state index contributed by atoms with van der Waals surface area (Å²) in [4.78, 5) is 30.7. The van der Waals surface area contributed by atoms with Crippen molar-refractivity contribution in [1.82, 2.24) is 0 Å². The van der Waals surface area contributed by atoms with Crippen LogP contribution in [0.4, 0.5) is 11.4 Å². The highest BCUT2D eigenvalue weighted by Crippen LogP contribution is 2.43. The van der Waals surface area contributed by atoms with Crippen LogP contribution in [0.2, 0.25) is 0 Å². The predicted molar refractivity (Wildman–Crippen MR) is 151 cm³/mol. The molecule has 0 fully saturated rings. The van der Waals surface area contributed by atoms with Crippen LogP contribution in [-0.4, -0.2) is 37.0 Å². The minimum absolute atomic E-state index is 0.00315. The smallest absolute Gasteiger partial charge is 0.294 e. The van der Waals surface area contributed by atoms with E-state index in [1.54, 1.807) is 36.4 Å². The topological polar surface area (TPSA) is 83.2 Å². The second-order valence-electron chi connectivity index (χ2n) is 9.61. The van der Waals surface area contributed by atoms with Gasteiger partial charge in [0.2, 0.25) is 5.78 Å². The van der Waals surface area contributed by atoms with Crippen LogP contribution >= 0.6 is 15.9 Å². The average Bonchev–Trinajstić information content (AvgIpc) is 3.42. The Morgan fingerprint density at radius 2 is 1.71 bits per heavy atom. The number of amides is 1. The van der Waals surface area contributed by atoms with Gasteiger partial charge in [-0.15, -0.1) is 0 Å². The molecule has 1 amide bonds. The number of halogens is 1. The van der Waals surface area contributed by atoms with Crippen molar-refractivity contribution < 1.29 is 23.8 Å². The maximum Gasteiger partial charge on any atom is 0.294 e. The van der Waals surface area contributed by atoms with Gasteiger partial charge in [-0.05, 0) is 80.1 Å². The minimum atomic E-state index is -0.858. The number of anilines is 2. The molecule has 1 unspecified atom stereocenters. The molecule has 7 nitrogen and oxygen atoms in total. The molecule has 1 aliphatic rings. The Labute approximate surface area is 229 Å². The lowest BCUT2D eigenvalue weighted by molar-refractivity contribution is -0.117. The Morgan fingerprint density at radius 3 is 2.34 bits per heavy atom. The predicted octanol–water partition coefficient (Wildman–Crippen LogP) is 6.83. The molecule has 8 heteroatoms. The molecular formula is C30H27BrN2O5. The highest BCUT2D eigenvalue weighted by atomic mass is 79.9. The summed E-state index contributed by atoms with van der Waals surface area (Å²) < 4.78 is 12.4. The molecule has 0 bridgehead atoms. The maximum atomic E-state index is 13.8. The fourth-order valence-corrected chi connectivity index (χ4v) is 4.97. The van der Waals surface area contributed by atoms with Crippen LogP contribution in [0.1, 0.15) is 36.0 Å². The van der Waals surface area contributed by atoms with Gasteiger partial charge in [0.15, 0.2) is 11.5 Å². The number of hydrogen-bond donors (Lipinski definition) is 1. The van der Waals surface area contributed by atoms with E-state index in [9.17, 15) is 14.7 Å². The van der Waals surface area contributed by atoms with Gasteiger partial charge in [0.25, 0.3) is 5.91 Å². The molecule has 2 heterocycles. The zero-order valence-electron chi connectivity index (χ0n) is 21.4. The summed E-state index contributed by atoms with van der Waals surface area (Å²) in [6.45, 7) is 3.86. The Bertz CT molecular complexity index is 1550. The Hall–Kier alpha value is -4.04. The van der Waals surface area contributed by atoms with Gasteiger partial charge in [-0.3, -0.25) is 14.5 Å². The van der Waals surface area contributed by atoms with Gasteiger partial charge in [-0.2, -0.15) is 0 Å². The number of hydrogen-bond acceptors (Lipinski definition) is 6. The third-order valence-corrected chi connectivity index (χ3v) is 6.86. The lowest BCUT2D eigenvalue weighted by Crippen LogP contribution is -2.31. The third kappa shape index (κ3) is 4.67. The minimum Gasteiger partial charge on any atom is -0.503 e. The van der Waals surface area contributed by atoms with E-state index < -0.39 is 23.5 Å². The van der Waals surface area contributed by atoms with Crippen LogP contribution in [0, 0.1) is 0 Å². The van der Waals surface area contributed by atoms with Crippen LogP contribution in [0.25, 0.3) is 11.0 Å². The molecule has 38 heavy (non-hydrogen) atoms. The standard InChI is InChI=1S/C30H27BrN2O5/c1-17(2)37-23-12-10-22(11-13-23)33-27(18-5-8-21(9-6-18)32(3)4)26(29(35)30(33)36)28(34)25-16-19-15-20(31)7-14-24(19)38-25/h5-17,27,35H,1-4H3. The van der Waals surface area contributed by atoms with Gasteiger partial charge in [-0.25, -0.2) is 0 Å². The second kappa shape index (κ2) is 10.0. The van der Waals surface area contributed by atoms with Gasteiger partial charge < -0.3 is 19.2 Å². The normalized spacial score (nSPS) is 15.6. The number of rotatable bonds is 7. The number of carbonyl (C=O) groups excluding carboxylic acids is 2. The summed E-state index contributed by atoms with van der Waals surface area (Å²) in [5.74, 6) is -1.10. The van der Waals surface area contributed by atoms with Gasteiger partial charge in [-0.1, -0.05) is 28.1 Å². The summed E-state index contributed by atoms with van der Waals surface area (Å²) in [7, 11) is 3.86. The Morgan fingerprint density at radius 1 is 1.03 bits per heavy atom. The first-order valence-corrected chi connectivity index (χ1v) is 13.0. The Balaban J connectivity index is 1.60. The van der Waals surface area contributed by atoms with Crippen LogP contribution in [0.3, 0.4) is 0 Å². The summed E-state index contributed by atoms with van der Waals surface area (Å²) in [5.41, 5.74) is 2.66. The van der Waals surface area contributed by atoms with Gasteiger partial charge in [0.1, 0.15) is 11.3 Å². The Kier molecular flexibility index (Phi) is 6.75. The molecule has 0 saturated carbocycles. The monoisotopic (exact) mass is 574 g/mol. The van der Waals surface area contributed by atoms with Crippen LogP contribution < -0.4 is 14.5 Å². The summed E-state index contributed by atoms with van der Waals surface area (Å²) in [6, 6.07) is 20.8. The third-order valence-electron chi connectivity index (χ3n) is 6.37. The quantitative estimate of drug-likeness (QED) is 0.243. The number of nitrogens with zero attached hydrogens (tertiary/aromatic N) is 2. The molecule has 0 radical (unpaired) electrons. The summed E-state index contributed by atoms with van der Waals surface area (Å²) in [6.07, 6.45) is -0.00315. The second-order valence-corrected chi connectivity index (χ2v) is 10.5. The number of ether oxygens (including phenoxy) is 1. The molecule has 1 atom stereocenters. The van der Waals surface area contributed by atoms with Crippen molar-refractivity contribution in [2.24, 2.45) is 0 Å². The molecule has 0 aliphatic carbocycles. The van der Waals surface area contributed by atoms with E-state index in [1.807, 2.05) is 69.2 Å². The first kappa shape index (κ1) is 25.6. The van der Waals surface area contributed by atoms with Crippen LogP contribution in [0.5, 0.6) is 5.75 Å². The number of furan rings is 1. The van der Waals surface area contributed by atoms with Crippen LogP contribution in [0.15, 0.2) is 93.0 Å². The van der Waals surface area contributed by atoms with E-state index in [4.69, 9.17) is 9.15 Å². The molecule has 1 N–H and O–H groups in total. The van der Waals surface area contributed by atoms with Crippen molar-refractivity contribution in [3.8, 4) is 5.75 Å². The number of aliphatic hydroxyl groups excluding tert-OH is 1. The van der Waals surface area contributed by atoms with Crippen molar-refractivity contribution >= 4 is 50.0 Å². The van der Waals surface area contributed by atoms with Crippen molar-refractivity contribution in [2.45, 2.75) is 26.0 Å². The number of ketones is 1. The van der Waals surface area contributed by atoms with Gasteiger partial charge in [0, 0.05) is 35.3 Å². The highest BCUT2D eigenvalue weighted by molar-refractivity contribution is 9.10. The fourth-order valence-electron chi connectivity index (χ4n) is 4.59. The van der Waals surface area contributed by atoms with E-state index in [-0.39, 0.29) is 17.4 Å². The molecule has 0 saturated heterocycles. The molecule has 3 aromatic carbocycles. The lowest BCUT2D eigenvalue weighted by Gasteiger charge is -2.27. The molecule has 5 rings (SSSR count). The van der Waals surface area contributed by atoms with E-state index >= 15 is 0 Å². The highest BCUT2D eigenvalue weighted by Gasteiger charge is 2.45. The van der Waals surface area contributed by atoms with Gasteiger partial charge >= 0.3 is 0 Å². The van der Waals surface area contributed by atoms with E-state index in [0.29, 0.717) is 22.6 Å². The van der Waals surface area contributed by atoms with E-state index in [0.717, 1.165) is 15.5 Å². The first-order valence-electron chi connectivity index (χ1n) is 12.2. The number of Topliss-reactive ketones (excluding diaryl/α,β-unsaturated/α-hetero) is 1. The molecule has 194 valence electrons.